The van der Waals surface area contributed by atoms with E-state index in [9.17, 15) is 4.79 Å². The molecule has 2 aromatic carbocycles. The molecule has 3 rings (SSSR count). The molecule has 1 amide bonds. The van der Waals surface area contributed by atoms with Crippen LogP contribution in [-0.2, 0) is 11.3 Å². The Labute approximate surface area is 215 Å². The maximum Gasteiger partial charge on any atom is 0.210 e. The van der Waals surface area contributed by atoms with Crippen LogP contribution in [-0.4, -0.2) is 86.9 Å². The first-order valence-corrected chi connectivity index (χ1v) is 12.4. The number of rotatable bonds is 15. The number of hydrogen-bond donors (Lipinski definition) is 2. The highest BCUT2D eigenvalue weighted by Gasteiger charge is 2.37. The van der Waals surface area contributed by atoms with Gasteiger partial charge >= 0.3 is 0 Å². The number of methoxy groups -OCH3 is 1. The zero-order valence-electron chi connectivity index (χ0n) is 22.2. The molecule has 0 spiro atoms. The van der Waals surface area contributed by atoms with Gasteiger partial charge in [-0.25, -0.2) is 0 Å². The van der Waals surface area contributed by atoms with Gasteiger partial charge in [0.15, 0.2) is 0 Å². The molecule has 1 atom stereocenters. The normalized spacial score (nSPS) is 12.8. The average molecular weight is 493 g/mol. The van der Waals surface area contributed by atoms with Crippen molar-refractivity contribution < 1.29 is 9.53 Å². The van der Waals surface area contributed by atoms with Crippen LogP contribution in [0, 0.1) is 0 Å². The number of benzene rings is 2. The lowest BCUT2D eigenvalue weighted by Crippen LogP contribution is -2.56. The molecule has 8 heteroatoms. The van der Waals surface area contributed by atoms with Gasteiger partial charge in [-0.05, 0) is 82.5 Å². The van der Waals surface area contributed by atoms with Gasteiger partial charge in [0.2, 0.25) is 6.41 Å². The van der Waals surface area contributed by atoms with Crippen LogP contribution in [0.5, 0.6) is 5.75 Å². The molecule has 2 N–H and O–H groups in total. The molecular weight excluding hydrogens is 452 g/mol. The topological polar surface area (TPSA) is 76.7 Å². The maximum absolute atomic E-state index is 12.6. The Morgan fingerprint density at radius 1 is 1.08 bits per heavy atom. The summed E-state index contributed by atoms with van der Waals surface area (Å²) in [7, 11) is 9.88. The number of likely N-dealkylation sites (N-methyl/N-ethyl adjacent to an activating group) is 1. The Bertz CT molecular complexity index is 1050. The van der Waals surface area contributed by atoms with E-state index < -0.39 is 0 Å². The second kappa shape index (κ2) is 13.1. The number of hydrogen-bond acceptors (Lipinski definition) is 6. The van der Waals surface area contributed by atoms with Crippen molar-refractivity contribution in [2.24, 2.45) is 0 Å². The van der Waals surface area contributed by atoms with E-state index in [1.165, 1.54) is 0 Å². The van der Waals surface area contributed by atoms with Crippen molar-refractivity contribution in [1.29, 1.82) is 0 Å². The first kappa shape index (κ1) is 27.2. The zero-order chi connectivity index (χ0) is 26.0. The number of carbonyl (C=O) groups is 1. The van der Waals surface area contributed by atoms with Crippen molar-refractivity contribution in [1.82, 2.24) is 25.3 Å². The fourth-order valence-electron chi connectivity index (χ4n) is 4.58. The number of nitrogens with zero attached hydrogens (tertiary/aromatic N) is 4. The van der Waals surface area contributed by atoms with Crippen LogP contribution in [0.1, 0.15) is 18.4 Å². The van der Waals surface area contributed by atoms with Gasteiger partial charge in [-0.1, -0.05) is 24.3 Å². The first-order chi connectivity index (χ1) is 17.4. The predicted molar refractivity (Wildman–Crippen MR) is 146 cm³/mol. The number of carbonyl (C=O) groups excluding carboxylic acids is 1. The molecule has 0 saturated heterocycles. The summed E-state index contributed by atoms with van der Waals surface area (Å²) in [6, 6.07) is 16.4. The fraction of sp³-hybridized carbons (Fsp3) is 0.429. The van der Waals surface area contributed by atoms with E-state index in [4.69, 9.17) is 4.74 Å². The summed E-state index contributed by atoms with van der Waals surface area (Å²) in [5.41, 5.74) is 3.95. The van der Waals surface area contributed by atoms with Crippen LogP contribution in [0.2, 0.25) is 0 Å². The molecule has 1 unspecified atom stereocenters. The minimum atomic E-state index is -0.379. The Morgan fingerprint density at radius 2 is 1.86 bits per heavy atom. The minimum Gasteiger partial charge on any atom is -0.497 e. The Kier molecular flexibility index (Phi) is 9.90. The van der Waals surface area contributed by atoms with Crippen molar-refractivity contribution in [2.45, 2.75) is 24.9 Å². The first-order valence-electron chi connectivity index (χ1n) is 12.4. The third kappa shape index (κ3) is 7.08. The van der Waals surface area contributed by atoms with E-state index in [0.717, 1.165) is 60.5 Å². The smallest absolute Gasteiger partial charge is 0.210 e. The Balaban J connectivity index is 1.91. The quantitative estimate of drug-likeness (QED) is 0.317. The van der Waals surface area contributed by atoms with E-state index in [0.29, 0.717) is 13.1 Å². The second-order valence-electron chi connectivity index (χ2n) is 9.61. The Morgan fingerprint density at radius 3 is 2.47 bits per heavy atom. The lowest BCUT2D eigenvalue weighted by atomic mass is 9.87. The fourth-order valence-corrected chi connectivity index (χ4v) is 4.58. The third-order valence-electron chi connectivity index (χ3n) is 6.76. The number of aromatic nitrogens is 2. The van der Waals surface area contributed by atoms with Crippen LogP contribution in [0.15, 0.2) is 60.9 Å². The molecule has 1 heterocycles. The van der Waals surface area contributed by atoms with Gasteiger partial charge in [-0.15, -0.1) is 0 Å². The number of H-pyrrole nitrogens is 1. The standard InChI is InChI=1S/C28H40N6O2/c1-29-15-13-28(14-16-32(2)3,34(22-35)20-23-7-6-8-27(17-23)36-5)21-33(4)26-11-9-24(10-12-26)25-18-30-31-19-25/h6-12,17-19,22,29H,13-16,20-21H2,1-5H3,(H,30,31). The number of nitrogens with one attached hydrogen (secondary N) is 2. The third-order valence-corrected chi connectivity index (χ3v) is 6.76. The summed E-state index contributed by atoms with van der Waals surface area (Å²) in [6.45, 7) is 2.91. The maximum atomic E-state index is 12.6. The SMILES string of the molecule is CNCCC(CCN(C)C)(CN(C)c1ccc(-c2cn[nH]c2)cc1)N(C=O)Cc1cccc(OC)c1. The van der Waals surface area contributed by atoms with Crippen molar-refractivity contribution >= 4 is 12.1 Å². The van der Waals surface area contributed by atoms with Gasteiger partial charge in [0.05, 0.1) is 18.8 Å². The molecule has 8 nitrogen and oxygen atoms in total. The second-order valence-corrected chi connectivity index (χ2v) is 9.61. The van der Waals surface area contributed by atoms with Crippen molar-refractivity contribution in [3.05, 3.63) is 66.5 Å². The van der Waals surface area contributed by atoms with Gasteiger partial charge < -0.3 is 24.8 Å². The highest BCUT2D eigenvalue weighted by molar-refractivity contribution is 5.65. The lowest BCUT2D eigenvalue weighted by Gasteiger charge is -2.45. The summed E-state index contributed by atoms with van der Waals surface area (Å²) >= 11 is 0. The van der Waals surface area contributed by atoms with Crippen molar-refractivity contribution in [3.8, 4) is 16.9 Å². The average Bonchev–Trinajstić information content (AvgIpc) is 3.44. The molecule has 0 bridgehead atoms. The molecule has 36 heavy (non-hydrogen) atoms. The summed E-state index contributed by atoms with van der Waals surface area (Å²) in [5.74, 6) is 0.794. The molecule has 0 fully saturated rings. The molecule has 0 saturated carbocycles. The Hall–Kier alpha value is -3.36. The highest BCUT2D eigenvalue weighted by atomic mass is 16.5. The molecule has 194 valence electrons. The van der Waals surface area contributed by atoms with Crippen LogP contribution in [0.3, 0.4) is 0 Å². The van der Waals surface area contributed by atoms with Crippen LogP contribution < -0.4 is 15.0 Å². The van der Waals surface area contributed by atoms with Gasteiger partial charge in [-0.2, -0.15) is 5.10 Å². The molecule has 0 aliphatic heterocycles. The van der Waals surface area contributed by atoms with Gasteiger partial charge in [0, 0.05) is 37.6 Å². The van der Waals surface area contributed by atoms with E-state index in [1.807, 2.05) is 48.6 Å². The summed E-state index contributed by atoms with van der Waals surface area (Å²) < 4.78 is 5.42. The van der Waals surface area contributed by atoms with E-state index in [2.05, 4.69) is 70.7 Å². The van der Waals surface area contributed by atoms with E-state index in [-0.39, 0.29) is 5.54 Å². The zero-order valence-corrected chi connectivity index (χ0v) is 22.2. The van der Waals surface area contributed by atoms with E-state index >= 15 is 0 Å². The number of amides is 1. The van der Waals surface area contributed by atoms with Crippen LogP contribution in [0.4, 0.5) is 5.69 Å². The lowest BCUT2D eigenvalue weighted by molar-refractivity contribution is -0.125. The largest absolute Gasteiger partial charge is 0.497 e. The predicted octanol–water partition coefficient (Wildman–Crippen LogP) is 3.48. The molecule has 0 aliphatic rings. The summed E-state index contributed by atoms with van der Waals surface area (Å²) in [5, 5.41) is 10.2. The molecule has 0 radical (unpaired) electrons. The monoisotopic (exact) mass is 492 g/mol. The molecule has 0 aliphatic carbocycles. The van der Waals surface area contributed by atoms with Crippen molar-refractivity contribution in [3.63, 3.8) is 0 Å². The molecule has 1 aromatic heterocycles. The number of anilines is 1. The van der Waals surface area contributed by atoms with Crippen LogP contribution in [0.25, 0.3) is 11.1 Å². The number of ether oxygens (including phenoxy) is 1. The van der Waals surface area contributed by atoms with Crippen LogP contribution >= 0.6 is 0 Å². The van der Waals surface area contributed by atoms with Gasteiger partial charge in [-0.3, -0.25) is 9.89 Å². The van der Waals surface area contributed by atoms with Crippen molar-refractivity contribution in [2.75, 3.05) is 59.8 Å². The number of aromatic amines is 1. The molecule has 3 aromatic rings. The highest BCUT2D eigenvalue weighted by Crippen LogP contribution is 2.30. The summed E-state index contributed by atoms with van der Waals surface area (Å²) in [6.07, 6.45) is 6.41. The molecular formula is C28H40N6O2. The van der Waals surface area contributed by atoms with Gasteiger partial charge in [0.1, 0.15) is 5.75 Å². The van der Waals surface area contributed by atoms with E-state index in [1.54, 1.807) is 7.11 Å². The minimum absolute atomic E-state index is 0.379. The van der Waals surface area contributed by atoms with Gasteiger partial charge in [0.25, 0.3) is 0 Å². The summed E-state index contributed by atoms with van der Waals surface area (Å²) in [4.78, 5) is 19.1.